The Hall–Kier alpha value is -1.55. The van der Waals surface area contributed by atoms with Gasteiger partial charge in [-0.15, -0.1) is 0 Å². The van der Waals surface area contributed by atoms with Gasteiger partial charge in [0.1, 0.15) is 5.75 Å². The van der Waals surface area contributed by atoms with Crippen molar-refractivity contribution < 1.29 is 10.2 Å². The van der Waals surface area contributed by atoms with E-state index in [2.05, 4.69) is 4.99 Å². The molecule has 0 radical (unpaired) electrons. The molecule has 110 valence electrons. The Balaban J connectivity index is 2.54. The number of aliphatic hydroxyl groups excluding tert-OH is 1. The lowest BCUT2D eigenvalue weighted by Gasteiger charge is -2.11. The Morgan fingerprint density at radius 2 is 1.81 bits per heavy atom. The SMILES string of the molecule is OCCCN=C(c1cc(Cl)ccc1O)c1ccccc1Cl. The summed E-state index contributed by atoms with van der Waals surface area (Å²) in [6, 6.07) is 12.1. The van der Waals surface area contributed by atoms with Gasteiger partial charge in [-0.2, -0.15) is 0 Å². The van der Waals surface area contributed by atoms with E-state index in [0.717, 1.165) is 5.56 Å². The average molecular weight is 324 g/mol. The van der Waals surface area contributed by atoms with Gasteiger partial charge in [0.05, 0.1) is 5.71 Å². The summed E-state index contributed by atoms with van der Waals surface area (Å²) in [5.74, 6) is 0.0852. The molecule has 0 spiro atoms. The van der Waals surface area contributed by atoms with E-state index in [4.69, 9.17) is 28.3 Å². The molecule has 0 saturated heterocycles. The van der Waals surface area contributed by atoms with Crippen LogP contribution in [0.3, 0.4) is 0 Å². The second-order valence-corrected chi connectivity index (χ2v) is 5.29. The monoisotopic (exact) mass is 323 g/mol. The van der Waals surface area contributed by atoms with E-state index in [9.17, 15) is 5.11 Å². The summed E-state index contributed by atoms with van der Waals surface area (Å²) in [4.78, 5) is 4.47. The van der Waals surface area contributed by atoms with Crippen molar-refractivity contribution in [3.63, 3.8) is 0 Å². The van der Waals surface area contributed by atoms with Gasteiger partial charge in [0.15, 0.2) is 0 Å². The molecule has 0 aliphatic heterocycles. The van der Waals surface area contributed by atoms with Gasteiger partial charge in [-0.1, -0.05) is 41.4 Å². The van der Waals surface area contributed by atoms with E-state index in [1.165, 1.54) is 6.07 Å². The van der Waals surface area contributed by atoms with Crippen molar-refractivity contribution in [3.8, 4) is 5.75 Å². The minimum absolute atomic E-state index is 0.0564. The highest BCUT2D eigenvalue weighted by atomic mass is 35.5. The van der Waals surface area contributed by atoms with Gasteiger partial charge in [-0.05, 0) is 30.7 Å². The molecule has 0 unspecified atom stereocenters. The van der Waals surface area contributed by atoms with Crippen LogP contribution in [0.2, 0.25) is 10.0 Å². The maximum absolute atomic E-state index is 10.1. The van der Waals surface area contributed by atoms with Crippen LogP contribution < -0.4 is 0 Å². The van der Waals surface area contributed by atoms with Crippen molar-refractivity contribution in [2.75, 3.05) is 13.2 Å². The highest BCUT2D eigenvalue weighted by Gasteiger charge is 2.14. The van der Waals surface area contributed by atoms with Crippen LogP contribution in [0.1, 0.15) is 17.5 Å². The fraction of sp³-hybridized carbons (Fsp3) is 0.188. The summed E-state index contributed by atoms with van der Waals surface area (Å²) >= 11 is 12.2. The summed E-state index contributed by atoms with van der Waals surface area (Å²) < 4.78 is 0. The summed E-state index contributed by atoms with van der Waals surface area (Å²) in [5.41, 5.74) is 1.80. The maximum Gasteiger partial charge on any atom is 0.125 e. The summed E-state index contributed by atoms with van der Waals surface area (Å²) in [6.45, 7) is 0.490. The molecule has 5 heteroatoms. The molecule has 0 bridgehead atoms. The molecule has 0 saturated carbocycles. The van der Waals surface area contributed by atoms with Crippen molar-refractivity contribution in [1.29, 1.82) is 0 Å². The van der Waals surface area contributed by atoms with E-state index in [0.29, 0.717) is 34.3 Å². The first-order valence-corrected chi connectivity index (χ1v) is 7.28. The number of halogens is 2. The first-order valence-electron chi connectivity index (χ1n) is 6.52. The number of benzene rings is 2. The predicted molar refractivity (Wildman–Crippen MR) is 86.8 cm³/mol. The van der Waals surface area contributed by atoms with Crippen molar-refractivity contribution in [3.05, 3.63) is 63.6 Å². The number of phenols is 1. The smallest absolute Gasteiger partial charge is 0.125 e. The molecule has 2 aromatic carbocycles. The average Bonchev–Trinajstić information content (AvgIpc) is 2.48. The summed E-state index contributed by atoms with van der Waals surface area (Å²) in [6.07, 6.45) is 0.537. The quantitative estimate of drug-likeness (QED) is 0.647. The largest absolute Gasteiger partial charge is 0.507 e. The number of aromatic hydroxyl groups is 1. The minimum Gasteiger partial charge on any atom is -0.507 e. The molecule has 2 aromatic rings. The van der Waals surface area contributed by atoms with Gasteiger partial charge in [-0.3, -0.25) is 4.99 Å². The molecule has 0 aliphatic carbocycles. The third-order valence-corrected chi connectivity index (χ3v) is 3.49. The van der Waals surface area contributed by atoms with Crippen LogP contribution in [-0.2, 0) is 0 Å². The summed E-state index contributed by atoms with van der Waals surface area (Å²) in [5, 5.41) is 20.0. The molecule has 3 nitrogen and oxygen atoms in total. The molecular weight excluding hydrogens is 309 g/mol. The van der Waals surface area contributed by atoms with Gasteiger partial charge in [-0.25, -0.2) is 0 Å². The molecule has 0 aliphatic rings. The molecule has 0 amide bonds. The van der Waals surface area contributed by atoms with Crippen LogP contribution >= 0.6 is 23.2 Å². The number of rotatable bonds is 5. The van der Waals surface area contributed by atoms with E-state index in [1.54, 1.807) is 18.2 Å². The lowest BCUT2D eigenvalue weighted by molar-refractivity contribution is 0.291. The Kier molecular flexibility index (Phi) is 5.62. The van der Waals surface area contributed by atoms with Crippen molar-refractivity contribution in [1.82, 2.24) is 0 Å². The molecule has 0 aromatic heterocycles. The maximum atomic E-state index is 10.1. The molecule has 2 rings (SSSR count). The van der Waals surface area contributed by atoms with Gasteiger partial charge in [0.2, 0.25) is 0 Å². The Labute approximate surface area is 133 Å². The normalized spacial score (nSPS) is 11.7. The predicted octanol–water partition coefficient (Wildman–Crippen LogP) is 3.92. The fourth-order valence-corrected chi connectivity index (χ4v) is 2.33. The van der Waals surface area contributed by atoms with E-state index >= 15 is 0 Å². The van der Waals surface area contributed by atoms with Gasteiger partial charge in [0.25, 0.3) is 0 Å². The zero-order valence-corrected chi connectivity index (χ0v) is 12.8. The zero-order valence-electron chi connectivity index (χ0n) is 11.3. The van der Waals surface area contributed by atoms with E-state index < -0.39 is 0 Å². The molecule has 0 fully saturated rings. The zero-order chi connectivity index (χ0) is 15.2. The molecule has 2 N–H and O–H groups in total. The second-order valence-electron chi connectivity index (χ2n) is 4.45. The molecule has 0 heterocycles. The van der Waals surface area contributed by atoms with Gasteiger partial charge >= 0.3 is 0 Å². The topological polar surface area (TPSA) is 52.8 Å². The molecule has 21 heavy (non-hydrogen) atoms. The Morgan fingerprint density at radius 1 is 1.05 bits per heavy atom. The number of phenolic OH excluding ortho intramolecular Hbond substituents is 1. The van der Waals surface area contributed by atoms with E-state index in [-0.39, 0.29) is 12.4 Å². The van der Waals surface area contributed by atoms with Crippen LogP contribution in [-0.4, -0.2) is 29.1 Å². The van der Waals surface area contributed by atoms with Crippen molar-refractivity contribution in [2.45, 2.75) is 6.42 Å². The lowest BCUT2D eigenvalue weighted by atomic mass is 10.0. The van der Waals surface area contributed by atoms with Crippen LogP contribution in [0, 0.1) is 0 Å². The number of hydrogen-bond donors (Lipinski definition) is 2. The van der Waals surface area contributed by atoms with Crippen LogP contribution in [0.25, 0.3) is 0 Å². The number of aliphatic hydroxyl groups is 1. The third kappa shape index (κ3) is 3.97. The summed E-state index contributed by atoms with van der Waals surface area (Å²) in [7, 11) is 0. The lowest BCUT2D eigenvalue weighted by Crippen LogP contribution is -2.06. The van der Waals surface area contributed by atoms with Crippen molar-refractivity contribution >= 4 is 28.9 Å². The fourth-order valence-electron chi connectivity index (χ4n) is 1.93. The van der Waals surface area contributed by atoms with Crippen LogP contribution in [0.4, 0.5) is 0 Å². The second kappa shape index (κ2) is 7.46. The number of hydrogen-bond acceptors (Lipinski definition) is 3. The Morgan fingerprint density at radius 3 is 2.52 bits per heavy atom. The first-order chi connectivity index (χ1) is 10.1. The van der Waals surface area contributed by atoms with Gasteiger partial charge in [0, 0.05) is 34.3 Å². The van der Waals surface area contributed by atoms with Crippen LogP contribution in [0.5, 0.6) is 5.75 Å². The number of nitrogens with zero attached hydrogens (tertiary/aromatic N) is 1. The minimum atomic E-state index is 0.0564. The highest BCUT2D eigenvalue weighted by molar-refractivity contribution is 6.36. The van der Waals surface area contributed by atoms with E-state index in [1.807, 2.05) is 18.2 Å². The highest BCUT2D eigenvalue weighted by Crippen LogP contribution is 2.27. The van der Waals surface area contributed by atoms with Gasteiger partial charge < -0.3 is 10.2 Å². The molecular formula is C16H15Cl2NO2. The number of aliphatic imine (C=N–C) groups is 1. The van der Waals surface area contributed by atoms with Crippen molar-refractivity contribution in [2.24, 2.45) is 4.99 Å². The third-order valence-electron chi connectivity index (χ3n) is 2.93. The first kappa shape index (κ1) is 15.8. The Bertz CT molecular complexity index is 656. The standard InChI is InChI=1S/C16H15Cl2NO2/c17-11-6-7-15(21)13(10-11)16(19-8-3-9-20)12-4-1-2-5-14(12)18/h1-2,4-7,10,20-21H,3,8-9H2. The molecule has 0 atom stereocenters. The van der Waals surface area contributed by atoms with Crippen LogP contribution in [0.15, 0.2) is 47.5 Å².